The maximum absolute atomic E-state index is 10.7. The summed E-state index contributed by atoms with van der Waals surface area (Å²) in [5.41, 5.74) is 6.26. The smallest absolute Gasteiger partial charge is 0.394 e. The number of aliphatic hydroxyl groups excluding tert-OH is 2. The van der Waals surface area contributed by atoms with Crippen LogP contribution in [0.15, 0.2) is 12.7 Å². The first-order valence-electron chi connectivity index (χ1n) is 6.36. The molecule has 6 N–H and O–H groups in total. The van der Waals surface area contributed by atoms with Gasteiger partial charge in [-0.2, -0.15) is 0 Å². The standard InChI is InChI=1S/C10H16N5O7P/c11-9-8-10(13-4-12-9)15(5-14-8)7(2-17)22-6(1-16)3-21-23(18,19)20/h4-7,16-17H,1-3H2,(H2,11,12,13)(H2,18,19,20)/t6-,7+/m0/s1. The largest absolute Gasteiger partial charge is 0.469 e. The third-order valence-corrected chi connectivity index (χ3v) is 3.32. The molecule has 0 bridgehead atoms. The molecule has 12 nitrogen and oxygen atoms in total. The fraction of sp³-hybridized carbons (Fsp3) is 0.500. The summed E-state index contributed by atoms with van der Waals surface area (Å²) in [4.78, 5) is 29.1. The SMILES string of the molecule is Nc1ncnc2c1ncn2[C@@H](CO)O[C@@H](CO)COP(=O)(O)O. The van der Waals surface area contributed by atoms with Gasteiger partial charge in [-0.3, -0.25) is 9.09 Å². The second kappa shape index (κ2) is 7.27. The Labute approximate surface area is 129 Å². The minimum absolute atomic E-state index is 0.147. The van der Waals surface area contributed by atoms with Crippen molar-refractivity contribution in [2.24, 2.45) is 0 Å². The van der Waals surface area contributed by atoms with Gasteiger partial charge in [-0.15, -0.1) is 0 Å². The predicted molar refractivity (Wildman–Crippen MR) is 75.8 cm³/mol. The number of ether oxygens (including phenoxy) is 1. The lowest BCUT2D eigenvalue weighted by molar-refractivity contribution is -0.109. The van der Waals surface area contributed by atoms with Crippen LogP contribution in [0.2, 0.25) is 0 Å². The average molecular weight is 349 g/mol. The van der Waals surface area contributed by atoms with Crippen molar-refractivity contribution in [3.8, 4) is 0 Å². The molecule has 0 spiro atoms. The third kappa shape index (κ3) is 4.42. The summed E-state index contributed by atoms with van der Waals surface area (Å²) in [5, 5.41) is 18.7. The third-order valence-electron chi connectivity index (χ3n) is 2.84. The van der Waals surface area contributed by atoms with E-state index in [4.69, 9.17) is 20.3 Å². The van der Waals surface area contributed by atoms with E-state index >= 15 is 0 Å². The zero-order valence-electron chi connectivity index (χ0n) is 11.8. The van der Waals surface area contributed by atoms with Gasteiger partial charge in [0.25, 0.3) is 0 Å². The molecule has 0 aromatic carbocycles. The summed E-state index contributed by atoms with van der Waals surface area (Å²) in [6, 6.07) is 0. The molecule has 0 amide bonds. The predicted octanol–water partition coefficient (Wildman–Crippen LogP) is -1.61. The highest BCUT2D eigenvalue weighted by molar-refractivity contribution is 7.46. The summed E-state index contributed by atoms with van der Waals surface area (Å²) < 4.78 is 21.7. The minimum atomic E-state index is -4.70. The van der Waals surface area contributed by atoms with Gasteiger partial charge in [-0.05, 0) is 0 Å². The monoisotopic (exact) mass is 349 g/mol. The van der Waals surface area contributed by atoms with Crippen LogP contribution in [0.1, 0.15) is 6.23 Å². The van der Waals surface area contributed by atoms with E-state index < -0.39 is 40.0 Å². The van der Waals surface area contributed by atoms with Crippen molar-refractivity contribution in [3.63, 3.8) is 0 Å². The molecule has 13 heteroatoms. The van der Waals surface area contributed by atoms with Gasteiger partial charge in [-0.1, -0.05) is 0 Å². The van der Waals surface area contributed by atoms with Crippen LogP contribution in [0, 0.1) is 0 Å². The van der Waals surface area contributed by atoms with E-state index in [2.05, 4.69) is 19.5 Å². The number of aromatic nitrogens is 4. The first-order valence-corrected chi connectivity index (χ1v) is 7.89. The lowest BCUT2D eigenvalue weighted by Gasteiger charge is -2.23. The first-order chi connectivity index (χ1) is 10.9. The Balaban J connectivity index is 2.17. The van der Waals surface area contributed by atoms with Gasteiger partial charge in [0.15, 0.2) is 17.7 Å². The molecule has 0 aliphatic carbocycles. The molecule has 0 aliphatic heterocycles. The number of anilines is 1. The quantitative estimate of drug-likeness (QED) is 0.345. The van der Waals surface area contributed by atoms with Crippen molar-refractivity contribution < 1.29 is 33.8 Å². The van der Waals surface area contributed by atoms with Gasteiger partial charge >= 0.3 is 7.82 Å². The van der Waals surface area contributed by atoms with Gasteiger partial charge < -0.3 is 30.5 Å². The molecule has 0 saturated heterocycles. The Bertz CT molecular complexity index is 704. The van der Waals surface area contributed by atoms with E-state index in [-0.39, 0.29) is 5.82 Å². The Morgan fingerprint density at radius 3 is 2.61 bits per heavy atom. The fourth-order valence-electron chi connectivity index (χ4n) is 1.81. The van der Waals surface area contributed by atoms with Crippen LogP contribution in [0.3, 0.4) is 0 Å². The molecule has 2 atom stereocenters. The summed E-state index contributed by atoms with van der Waals surface area (Å²) in [6.07, 6.45) is 0.419. The highest BCUT2D eigenvalue weighted by Crippen LogP contribution is 2.36. The second-order valence-corrected chi connectivity index (χ2v) is 5.69. The van der Waals surface area contributed by atoms with Crippen molar-refractivity contribution in [3.05, 3.63) is 12.7 Å². The number of hydrogen-bond acceptors (Lipinski definition) is 9. The molecular formula is C10H16N5O7P. The number of fused-ring (bicyclic) bond motifs is 1. The molecule has 0 radical (unpaired) electrons. The maximum Gasteiger partial charge on any atom is 0.469 e. The maximum atomic E-state index is 10.7. The number of phosphoric ester groups is 1. The van der Waals surface area contributed by atoms with Crippen molar-refractivity contribution >= 4 is 24.8 Å². The Hall–Kier alpha value is -1.66. The van der Waals surface area contributed by atoms with Gasteiger partial charge in [0.2, 0.25) is 0 Å². The molecule has 0 saturated carbocycles. The van der Waals surface area contributed by atoms with Crippen LogP contribution in [0.4, 0.5) is 5.82 Å². The van der Waals surface area contributed by atoms with Crippen LogP contribution in [-0.2, 0) is 13.8 Å². The average Bonchev–Trinajstić information content (AvgIpc) is 2.92. The molecule has 2 aromatic rings. The summed E-state index contributed by atoms with van der Waals surface area (Å²) in [5.74, 6) is 0.147. The molecular weight excluding hydrogens is 333 g/mol. The highest BCUT2D eigenvalue weighted by Gasteiger charge is 2.23. The van der Waals surface area contributed by atoms with E-state index in [1.807, 2.05) is 0 Å². The molecule has 2 heterocycles. The molecule has 0 aliphatic rings. The van der Waals surface area contributed by atoms with Crippen LogP contribution in [0.5, 0.6) is 0 Å². The van der Waals surface area contributed by atoms with Crippen LogP contribution in [-0.4, -0.2) is 65.4 Å². The molecule has 0 fully saturated rings. The molecule has 23 heavy (non-hydrogen) atoms. The second-order valence-electron chi connectivity index (χ2n) is 4.45. The molecule has 0 unspecified atom stereocenters. The lowest BCUT2D eigenvalue weighted by atomic mass is 10.4. The number of nitrogen functional groups attached to an aromatic ring is 1. The lowest BCUT2D eigenvalue weighted by Crippen LogP contribution is -2.29. The van der Waals surface area contributed by atoms with E-state index in [0.29, 0.717) is 11.2 Å². The number of imidazole rings is 1. The van der Waals surface area contributed by atoms with E-state index in [1.165, 1.54) is 17.2 Å². The Morgan fingerprint density at radius 1 is 1.26 bits per heavy atom. The van der Waals surface area contributed by atoms with Gasteiger partial charge in [0.1, 0.15) is 17.9 Å². The van der Waals surface area contributed by atoms with E-state index in [0.717, 1.165) is 0 Å². The number of nitrogens with two attached hydrogens (primary N) is 1. The number of nitrogens with zero attached hydrogens (tertiary/aromatic N) is 4. The fourth-order valence-corrected chi connectivity index (χ4v) is 2.18. The van der Waals surface area contributed by atoms with Gasteiger partial charge in [0.05, 0.1) is 26.1 Å². The van der Waals surface area contributed by atoms with E-state index in [1.54, 1.807) is 0 Å². The topological polar surface area (TPSA) is 186 Å². The number of rotatable bonds is 8. The van der Waals surface area contributed by atoms with Crippen molar-refractivity contribution in [2.45, 2.75) is 12.3 Å². The van der Waals surface area contributed by atoms with Crippen molar-refractivity contribution in [1.29, 1.82) is 0 Å². The number of phosphoric acid groups is 1. The van der Waals surface area contributed by atoms with Crippen LogP contribution < -0.4 is 5.73 Å². The van der Waals surface area contributed by atoms with Crippen molar-refractivity contribution in [1.82, 2.24) is 19.5 Å². The van der Waals surface area contributed by atoms with Gasteiger partial charge in [-0.25, -0.2) is 19.5 Å². The number of hydrogen-bond donors (Lipinski definition) is 5. The first kappa shape index (κ1) is 17.7. The normalized spacial score (nSPS) is 15.0. The van der Waals surface area contributed by atoms with Crippen LogP contribution in [0.25, 0.3) is 11.2 Å². The Morgan fingerprint density at radius 2 is 2.00 bits per heavy atom. The van der Waals surface area contributed by atoms with Gasteiger partial charge in [0, 0.05) is 0 Å². The zero-order chi connectivity index (χ0) is 17.0. The molecule has 2 rings (SSSR count). The number of aliphatic hydroxyl groups is 2. The minimum Gasteiger partial charge on any atom is -0.394 e. The zero-order valence-corrected chi connectivity index (χ0v) is 12.7. The Kier molecular flexibility index (Phi) is 5.59. The van der Waals surface area contributed by atoms with E-state index in [9.17, 15) is 14.8 Å². The molecule has 128 valence electrons. The molecule has 2 aromatic heterocycles. The highest BCUT2D eigenvalue weighted by atomic mass is 31.2. The summed E-state index contributed by atoms with van der Waals surface area (Å²) in [7, 11) is -4.70. The summed E-state index contributed by atoms with van der Waals surface area (Å²) >= 11 is 0. The van der Waals surface area contributed by atoms with Crippen molar-refractivity contribution in [2.75, 3.05) is 25.6 Å². The summed E-state index contributed by atoms with van der Waals surface area (Å²) in [6.45, 7) is -1.66. The van der Waals surface area contributed by atoms with Crippen LogP contribution >= 0.6 is 7.82 Å².